The maximum Gasteiger partial charge on any atom is 0.418 e. The Morgan fingerprint density at radius 2 is 2.17 bits per heavy atom. The van der Waals surface area contributed by atoms with Crippen molar-refractivity contribution in [2.24, 2.45) is 5.84 Å². The molecular formula is C14H20N8O7S. The number of Topliss-reactive ketones (excluding diaryl/α,β-unsaturated/α-hetero) is 1. The average molecular weight is 444 g/mol. The number of nitrogens with one attached hydrogen (secondary N) is 2. The van der Waals surface area contributed by atoms with Crippen molar-refractivity contribution < 1.29 is 31.6 Å². The number of aromatic nitrogens is 3. The first kappa shape index (κ1) is 20.6. The number of hydrazine groups is 1. The van der Waals surface area contributed by atoms with Gasteiger partial charge in [-0.05, 0) is 19.3 Å². The van der Waals surface area contributed by atoms with Crippen LogP contribution in [0.4, 0.5) is 4.79 Å². The summed E-state index contributed by atoms with van der Waals surface area (Å²) >= 11 is 0. The fraction of sp³-hybridized carbons (Fsp3) is 0.643. The average Bonchev–Trinajstić information content (AvgIpc) is 3.44. The molecule has 4 heterocycles. The number of ketones is 1. The molecule has 0 aromatic carbocycles. The molecule has 30 heavy (non-hydrogen) atoms. The van der Waals surface area contributed by atoms with Crippen molar-refractivity contribution in [2.45, 2.75) is 42.9 Å². The number of amides is 3. The van der Waals surface area contributed by atoms with Gasteiger partial charge < -0.3 is 5.32 Å². The van der Waals surface area contributed by atoms with Crippen LogP contribution in [-0.4, -0.2) is 86.1 Å². The van der Waals surface area contributed by atoms with Gasteiger partial charge in [0.05, 0.1) is 18.1 Å². The third kappa shape index (κ3) is 3.21. The lowest BCUT2D eigenvalue weighted by Gasteiger charge is -2.41. The molecule has 5 N–H and O–H groups in total. The van der Waals surface area contributed by atoms with Gasteiger partial charge in [-0.25, -0.2) is 20.3 Å². The Labute approximate surface area is 170 Å². The van der Waals surface area contributed by atoms with Crippen LogP contribution in [0.5, 0.6) is 0 Å². The smallest absolute Gasteiger partial charge is 0.305 e. The fourth-order valence-corrected chi connectivity index (χ4v) is 4.79. The summed E-state index contributed by atoms with van der Waals surface area (Å²) < 4.78 is 37.1. The predicted molar refractivity (Wildman–Crippen MR) is 95.1 cm³/mol. The van der Waals surface area contributed by atoms with E-state index in [1.807, 2.05) is 5.43 Å². The molecule has 1 aromatic heterocycles. The Hall–Kier alpha value is -2.66. The van der Waals surface area contributed by atoms with Crippen LogP contribution in [0.15, 0.2) is 12.7 Å². The maximum absolute atomic E-state index is 13.5. The highest BCUT2D eigenvalue weighted by atomic mass is 32.3. The monoisotopic (exact) mass is 444 g/mol. The van der Waals surface area contributed by atoms with Crippen molar-refractivity contribution in [1.82, 2.24) is 35.5 Å². The Bertz CT molecular complexity index is 969. The van der Waals surface area contributed by atoms with E-state index in [0.717, 1.165) is 4.90 Å². The second kappa shape index (κ2) is 7.24. The van der Waals surface area contributed by atoms with Crippen LogP contribution in [0, 0.1) is 0 Å². The van der Waals surface area contributed by atoms with Crippen LogP contribution in [0.3, 0.4) is 0 Å². The summed E-state index contributed by atoms with van der Waals surface area (Å²) in [6.45, 7) is 0.251. The molecule has 16 heteroatoms. The third-order valence-electron chi connectivity index (χ3n) is 5.77. The van der Waals surface area contributed by atoms with Gasteiger partial charge in [0.1, 0.15) is 12.7 Å². The number of piperidine rings is 1. The topological polar surface area (TPSA) is 202 Å². The first-order valence-corrected chi connectivity index (χ1v) is 10.4. The van der Waals surface area contributed by atoms with Crippen LogP contribution in [0.2, 0.25) is 0 Å². The molecule has 0 unspecified atom stereocenters. The second-order valence-electron chi connectivity index (χ2n) is 7.34. The van der Waals surface area contributed by atoms with E-state index in [1.165, 1.54) is 12.7 Å². The number of carbonyl (C=O) groups excluding carboxylic acids is 3. The predicted octanol–water partition coefficient (Wildman–Crippen LogP) is -2.89. The van der Waals surface area contributed by atoms with E-state index in [-0.39, 0.29) is 25.4 Å². The molecule has 0 aliphatic carbocycles. The molecule has 3 saturated heterocycles. The first-order valence-electron chi connectivity index (χ1n) is 9.08. The minimum atomic E-state index is -4.97. The number of rotatable bonds is 6. The van der Waals surface area contributed by atoms with Gasteiger partial charge in [-0.2, -0.15) is 18.6 Å². The SMILES string of the molecule is NNC(=O)[C@]1(C(=O)[C@@H]2C[C@H](n3cncn3)CN2)CC[C@@H]2CN1C(=O)N2OS(=O)(=O)O. The summed E-state index contributed by atoms with van der Waals surface area (Å²) in [7, 11) is -4.97. The molecule has 0 radical (unpaired) electrons. The molecule has 2 bridgehead atoms. The largest absolute Gasteiger partial charge is 0.418 e. The second-order valence-corrected chi connectivity index (χ2v) is 8.34. The van der Waals surface area contributed by atoms with Crippen molar-refractivity contribution in [3.63, 3.8) is 0 Å². The molecule has 0 saturated carbocycles. The van der Waals surface area contributed by atoms with Gasteiger partial charge in [-0.1, -0.05) is 0 Å². The van der Waals surface area contributed by atoms with E-state index in [9.17, 15) is 22.8 Å². The highest BCUT2D eigenvalue weighted by molar-refractivity contribution is 7.80. The molecule has 15 nitrogen and oxygen atoms in total. The van der Waals surface area contributed by atoms with Gasteiger partial charge in [-0.3, -0.25) is 24.5 Å². The van der Waals surface area contributed by atoms with Crippen LogP contribution >= 0.6 is 0 Å². The van der Waals surface area contributed by atoms with E-state index in [4.69, 9.17) is 10.4 Å². The Morgan fingerprint density at radius 3 is 2.80 bits per heavy atom. The number of hydrogen-bond acceptors (Lipinski definition) is 10. The molecule has 4 rings (SSSR count). The summed E-state index contributed by atoms with van der Waals surface area (Å²) in [6.07, 6.45) is 3.17. The molecule has 3 amide bonds. The maximum atomic E-state index is 13.5. The highest BCUT2D eigenvalue weighted by Gasteiger charge is 2.63. The first-order chi connectivity index (χ1) is 14.2. The van der Waals surface area contributed by atoms with E-state index >= 15 is 0 Å². The lowest BCUT2D eigenvalue weighted by atomic mass is 9.78. The zero-order valence-corrected chi connectivity index (χ0v) is 16.4. The van der Waals surface area contributed by atoms with Gasteiger partial charge in [0.2, 0.25) is 0 Å². The number of carbonyl (C=O) groups is 3. The van der Waals surface area contributed by atoms with Gasteiger partial charge in [0, 0.05) is 13.1 Å². The normalized spacial score (nSPS) is 31.3. The molecule has 3 aliphatic rings. The lowest BCUT2D eigenvalue weighted by Crippen LogP contribution is -2.69. The van der Waals surface area contributed by atoms with Crippen molar-refractivity contribution in [3.8, 4) is 0 Å². The number of urea groups is 1. The number of fused-ring (bicyclic) bond motifs is 2. The molecule has 1 aromatic rings. The van der Waals surface area contributed by atoms with E-state index in [0.29, 0.717) is 18.0 Å². The van der Waals surface area contributed by atoms with Crippen LogP contribution in [0.25, 0.3) is 0 Å². The molecule has 164 valence electrons. The molecule has 3 fully saturated rings. The standard InChI is InChI=1S/C14H20N8O7S/c15-19-12(24)14(11(23)10-3-9(4-17-10)21-7-16-6-18-21)2-1-8-5-20(14)13(25)22(8)29-30(26,27)28/h6-10,17H,1-5,15H2,(H,19,24)(H,26,27,28)/t8-,9+,10+,14-/m1/s1. The minimum Gasteiger partial charge on any atom is -0.305 e. The van der Waals surface area contributed by atoms with E-state index in [1.54, 1.807) is 4.68 Å². The van der Waals surface area contributed by atoms with Crippen molar-refractivity contribution in [1.29, 1.82) is 0 Å². The molecular weight excluding hydrogens is 424 g/mol. The van der Waals surface area contributed by atoms with Crippen molar-refractivity contribution in [2.75, 3.05) is 13.1 Å². The van der Waals surface area contributed by atoms with Gasteiger partial charge >= 0.3 is 16.4 Å². The van der Waals surface area contributed by atoms with Crippen LogP contribution in [0.1, 0.15) is 25.3 Å². The summed E-state index contributed by atoms with van der Waals surface area (Å²) in [5.41, 5.74) is -0.000647. The third-order valence-corrected chi connectivity index (χ3v) is 6.12. The van der Waals surface area contributed by atoms with Crippen molar-refractivity contribution in [3.05, 3.63) is 12.7 Å². The number of hydroxylamine groups is 2. The summed E-state index contributed by atoms with van der Waals surface area (Å²) in [4.78, 5) is 43.9. The Kier molecular flexibility index (Phi) is 4.97. The summed E-state index contributed by atoms with van der Waals surface area (Å²) in [5, 5.41) is 7.56. The van der Waals surface area contributed by atoms with E-state index < -0.39 is 45.7 Å². The summed E-state index contributed by atoms with van der Waals surface area (Å²) in [6, 6.07) is -2.75. The molecule has 0 spiro atoms. The summed E-state index contributed by atoms with van der Waals surface area (Å²) in [5.74, 6) is 3.86. The molecule has 4 atom stereocenters. The van der Waals surface area contributed by atoms with Crippen LogP contribution in [-0.2, 0) is 24.3 Å². The quantitative estimate of drug-likeness (QED) is 0.115. The van der Waals surface area contributed by atoms with Gasteiger partial charge in [-0.15, -0.1) is 4.28 Å². The van der Waals surface area contributed by atoms with Gasteiger partial charge in [0.15, 0.2) is 11.3 Å². The highest BCUT2D eigenvalue weighted by Crippen LogP contribution is 2.40. The lowest BCUT2D eigenvalue weighted by molar-refractivity contribution is -0.146. The van der Waals surface area contributed by atoms with Gasteiger partial charge in [0.25, 0.3) is 5.91 Å². The van der Waals surface area contributed by atoms with E-state index in [2.05, 4.69) is 19.7 Å². The zero-order valence-electron chi connectivity index (χ0n) is 15.5. The number of nitrogens with two attached hydrogens (primary N) is 1. The van der Waals surface area contributed by atoms with Crippen LogP contribution < -0.4 is 16.6 Å². The molecule has 3 aliphatic heterocycles. The minimum absolute atomic E-state index is 0.0795. The zero-order chi connectivity index (χ0) is 21.7. The Balaban J connectivity index is 1.62. The fourth-order valence-electron chi connectivity index (χ4n) is 4.41. The Morgan fingerprint density at radius 1 is 1.40 bits per heavy atom. The number of hydrogen-bond donors (Lipinski definition) is 4. The van der Waals surface area contributed by atoms with Crippen molar-refractivity contribution >= 4 is 28.1 Å². The number of nitrogens with zero attached hydrogens (tertiary/aromatic N) is 5.